The van der Waals surface area contributed by atoms with Crippen molar-refractivity contribution in [2.24, 2.45) is 0 Å². The zero-order chi connectivity index (χ0) is 9.26. The molecule has 2 rings (SSSR count). The third kappa shape index (κ3) is 2.13. The summed E-state index contributed by atoms with van der Waals surface area (Å²) >= 11 is 2.15. The van der Waals surface area contributed by atoms with Crippen LogP contribution in [0.5, 0.6) is 5.75 Å². The molecule has 0 amide bonds. The van der Waals surface area contributed by atoms with Gasteiger partial charge in [-0.25, -0.2) is 0 Å². The van der Waals surface area contributed by atoms with E-state index in [0.717, 1.165) is 22.2 Å². The molecule has 0 spiro atoms. The number of hydrogen-bond donors (Lipinski definition) is 0. The molecular formula is C10H8INO. The topological polar surface area (TPSA) is 33.0 Å². The Bertz CT molecular complexity index is 366. The van der Waals surface area contributed by atoms with E-state index in [4.69, 9.17) is 10.00 Å². The summed E-state index contributed by atoms with van der Waals surface area (Å²) in [4.78, 5) is 0. The first-order valence-electron chi connectivity index (χ1n) is 4.16. The number of halogens is 1. The van der Waals surface area contributed by atoms with Crippen LogP contribution >= 0.6 is 22.6 Å². The minimum Gasteiger partial charge on any atom is -0.490 e. The third-order valence-electron chi connectivity index (χ3n) is 1.89. The summed E-state index contributed by atoms with van der Waals surface area (Å²) < 4.78 is 6.55. The van der Waals surface area contributed by atoms with Crippen molar-refractivity contribution in [1.82, 2.24) is 0 Å². The molecule has 1 aliphatic rings. The number of ether oxygens (including phenoxy) is 1. The van der Waals surface area contributed by atoms with Crippen LogP contribution in [0, 0.1) is 14.9 Å². The summed E-state index contributed by atoms with van der Waals surface area (Å²) in [6.07, 6.45) is 2.75. The lowest BCUT2D eigenvalue weighted by molar-refractivity contribution is 0.303. The quantitative estimate of drug-likeness (QED) is 0.783. The summed E-state index contributed by atoms with van der Waals surface area (Å²) in [6.45, 7) is 0. The number of nitriles is 1. The van der Waals surface area contributed by atoms with E-state index >= 15 is 0 Å². The number of nitrogens with zero attached hydrogens (tertiary/aromatic N) is 1. The second kappa shape index (κ2) is 3.54. The number of benzene rings is 1. The Hall–Kier alpha value is -0.760. The largest absolute Gasteiger partial charge is 0.490 e. The van der Waals surface area contributed by atoms with E-state index in [1.807, 2.05) is 12.1 Å². The SMILES string of the molecule is N#Cc1ccc(OC2CC2)cc1I. The molecule has 0 N–H and O–H groups in total. The van der Waals surface area contributed by atoms with Gasteiger partial charge in [0.05, 0.1) is 11.7 Å². The maximum absolute atomic E-state index is 8.71. The van der Waals surface area contributed by atoms with Gasteiger partial charge < -0.3 is 4.74 Å². The van der Waals surface area contributed by atoms with Crippen molar-refractivity contribution >= 4 is 22.6 Å². The van der Waals surface area contributed by atoms with Crippen LogP contribution in [-0.4, -0.2) is 6.10 Å². The fourth-order valence-corrected chi connectivity index (χ4v) is 1.65. The first-order valence-corrected chi connectivity index (χ1v) is 5.24. The van der Waals surface area contributed by atoms with Crippen molar-refractivity contribution < 1.29 is 4.74 Å². The summed E-state index contributed by atoms with van der Waals surface area (Å²) in [5, 5.41) is 8.71. The highest BCUT2D eigenvalue weighted by Crippen LogP contribution is 2.28. The standard InChI is InChI=1S/C10H8INO/c11-10-5-9(13-8-3-4-8)2-1-7(10)6-12/h1-2,5,8H,3-4H2. The molecule has 0 heterocycles. The molecule has 0 saturated heterocycles. The number of hydrogen-bond acceptors (Lipinski definition) is 2. The van der Waals surface area contributed by atoms with E-state index in [-0.39, 0.29) is 0 Å². The van der Waals surface area contributed by atoms with Gasteiger partial charge in [-0.15, -0.1) is 0 Å². The average Bonchev–Trinajstić information content (AvgIpc) is 2.89. The molecular weight excluding hydrogens is 277 g/mol. The Morgan fingerprint density at radius 3 is 2.77 bits per heavy atom. The Morgan fingerprint density at radius 2 is 2.23 bits per heavy atom. The van der Waals surface area contributed by atoms with E-state index in [9.17, 15) is 0 Å². The van der Waals surface area contributed by atoms with E-state index in [2.05, 4.69) is 28.7 Å². The second-order valence-corrected chi connectivity index (χ2v) is 4.23. The molecule has 0 aromatic heterocycles. The molecule has 0 radical (unpaired) electrons. The predicted octanol–water partition coefficient (Wildman–Crippen LogP) is 2.70. The Kier molecular flexibility index (Phi) is 2.40. The highest BCUT2D eigenvalue weighted by Gasteiger charge is 2.23. The zero-order valence-corrected chi connectivity index (χ0v) is 9.11. The van der Waals surface area contributed by atoms with E-state index in [0.29, 0.717) is 11.7 Å². The van der Waals surface area contributed by atoms with Gasteiger partial charge in [0, 0.05) is 3.57 Å². The smallest absolute Gasteiger partial charge is 0.120 e. The molecule has 1 aromatic carbocycles. The van der Waals surface area contributed by atoms with Crippen LogP contribution in [0.4, 0.5) is 0 Å². The van der Waals surface area contributed by atoms with Gasteiger partial charge in [0.15, 0.2) is 0 Å². The van der Waals surface area contributed by atoms with Crippen molar-refractivity contribution in [3.05, 3.63) is 27.3 Å². The highest BCUT2D eigenvalue weighted by atomic mass is 127. The van der Waals surface area contributed by atoms with Gasteiger partial charge in [0.2, 0.25) is 0 Å². The van der Waals surface area contributed by atoms with Gasteiger partial charge in [0.1, 0.15) is 11.8 Å². The molecule has 1 saturated carbocycles. The van der Waals surface area contributed by atoms with Crippen LogP contribution in [-0.2, 0) is 0 Å². The lowest BCUT2D eigenvalue weighted by Crippen LogP contribution is -1.96. The molecule has 0 bridgehead atoms. The maximum Gasteiger partial charge on any atom is 0.120 e. The lowest BCUT2D eigenvalue weighted by Gasteiger charge is -2.04. The molecule has 1 aliphatic carbocycles. The Labute approximate surface area is 90.7 Å². The first kappa shape index (κ1) is 8.82. The molecule has 2 nitrogen and oxygen atoms in total. The fraction of sp³-hybridized carbons (Fsp3) is 0.300. The van der Waals surface area contributed by atoms with E-state index in [1.54, 1.807) is 6.07 Å². The average molecular weight is 285 g/mol. The summed E-state index contributed by atoms with van der Waals surface area (Å²) in [6, 6.07) is 7.71. The third-order valence-corrected chi connectivity index (χ3v) is 2.78. The highest BCUT2D eigenvalue weighted by molar-refractivity contribution is 14.1. The summed E-state index contributed by atoms with van der Waals surface area (Å²) in [7, 11) is 0. The predicted molar refractivity (Wildman–Crippen MR) is 57.5 cm³/mol. The Morgan fingerprint density at radius 1 is 1.46 bits per heavy atom. The fourth-order valence-electron chi connectivity index (χ4n) is 1.04. The van der Waals surface area contributed by atoms with Crippen molar-refractivity contribution in [3.63, 3.8) is 0 Å². The van der Waals surface area contributed by atoms with E-state index in [1.165, 1.54) is 0 Å². The van der Waals surface area contributed by atoms with Crippen molar-refractivity contribution in [3.8, 4) is 11.8 Å². The van der Waals surface area contributed by atoms with Crippen molar-refractivity contribution in [2.75, 3.05) is 0 Å². The summed E-state index contributed by atoms with van der Waals surface area (Å²) in [5.41, 5.74) is 0.712. The minimum absolute atomic E-state index is 0.420. The zero-order valence-electron chi connectivity index (χ0n) is 6.96. The van der Waals surface area contributed by atoms with Crippen molar-refractivity contribution in [2.45, 2.75) is 18.9 Å². The van der Waals surface area contributed by atoms with Crippen LogP contribution in [0.2, 0.25) is 0 Å². The summed E-state index contributed by atoms with van der Waals surface area (Å²) in [5.74, 6) is 0.880. The molecule has 0 atom stereocenters. The maximum atomic E-state index is 8.71. The van der Waals surface area contributed by atoms with Gasteiger partial charge >= 0.3 is 0 Å². The minimum atomic E-state index is 0.420. The Balaban J connectivity index is 2.19. The first-order chi connectivity index (χ1) is 6.29. The van der Waals surface area contributed by atoms with Gasteiger partial charge in [-0.2, -0.15) is 5.26 Å². The normalized spacial score (nSPS) is 15.1. The van der Waals surface area contributed by atoms with Crippen LogP contribution in [0.1, 0.15) is 18.4 Å². The number of rotatable bonds is 2. The monoisotopic (exact) mass is 285 g/mol. The molecule has 3 heteroatoms. The van der Waals surface area contributed by atoms with Gasteiger partial charge in [-0.1, -0.05) is 0 Å². The molecule has 1 aromatic rings. The van der Waals surface area contributed by atoms with Crippen LogP contribution in [0.3, 0.4) is 0 Å². The molecule has 66 valence electrons. The second-order valence-electron chi connectivity index (χ2n) is 3.07. The lowest BCUT2D eigenvalue weighted by atomic mass is 10.2. The van der Waals surface area contributed by atoms with Gasteiger partial charge in [-0.05, 0) is 53.6 Å². The van der Waals surface area contributed by atoms with Crippen LogP contribution < -0.4 is 4.74 Å². The molecule has 1 fully saturated rings. The molecule has 13 heavy (non-hydrogen) atoms. The van der Waals surface area contributed by atoms with Crippen LogP contribution in [0.15, 0.2) is 18.2 Å². The van der Waals surface area contributed by atoms with E-state index < -0.39 is 0 Å². The molecule has 0 unspecified atom stereocenters. The van der Waals surface area contributed by atoms with Crippen LogP contribution in [0.25, 0.3) is 0 Å². The van der Waals surface area contributed by atoms with Crippen molar-refractivity contribution in [1.29, 1.82) is 5.26 Å². The van der Waals surface area contributed by atoms with Gasteiger partial charge in [0.25, 0.3) is 0 Å². The van der Waals surface area contributed by atoms with Gasteiger partial charge in [-0.3, -0.25) is 0 Å². The molecule has 0 aliphatic heterocycles.